The predicted octanol–water partition coefficient (Wildman–Crippen LogP) is 4.25. The predicted molar refractivity (Wildman–Crippen MR) is 111 cm³/mol. The molecular weight excluding hydrogens is 368 g/mol. The van der Waals surface area contributed by atoms with Gasteiger partial charge in [0, 0.05) is 5.69 Å². The second-order valence-corrected chi connectivity index (χ2v) is 6.96. The first-order valence-electron chi connectivity index (χ1n) is 9.45. The zero-order valence-corrected chi connectivity index (χ0v) is 16.4. The van der Waals surface area contributed by atoms with Crippen molar-refractivity contribution < 1.29 is 18.7 Å². The molecule has 3 rings (SSSR count). The minimum atomic E-state index is -0.693. The van der Waals surface area contributed by atoms with Gasteiger partial charge in [0.2, 0.25) is 5.91 Å². The molecule has 0 aliphatic carbocycles. The molecule has 0 spiro atoms. The standard InChI is InChI=1S/C23H24N2O4/c1-16(2)21(25-22(26)20-9-6-14-28-20)23(27)24-18-10-12-19(13-11-18)29-15-17-7-4-3-5-8-17/h3-14,16,21H,15H2,1-2H3,(H,24,27)(H,25,26)/t21-/m0/s1. The number of hydrogen-bond donors (Lipinski definition) is 2. The number of carbonyl (C=O) groups excluding carboxylic acids is 2. The summed E-state index contributed by atoms with van der Waals surface area (Å²) in [6.07, 6.45) is 1.42. The van der Waals surface area contributed by atoms with Crippen molar-refractivity contribution in [2.24, 2.45) is 5.92 Å². The minimum absolute atomic E-state index is 0.0950. The fourth-order valence-corrected chi connectivity index (χ4v) is 2.75. The monoisotopic (exact) mass is 392 g/mol. The first kappa shape index (κ1) is 20.2. The number of nitrogens with one attached hydrogen (secondary N) is 2. The van der Waals surface area contributed by atoms with Crippen LogP contribution in [0.2, 0.25) is 0 Å². The van der Waals surface area contributed by atoms with Crippen molar-refractivity contribution in [1.82, 2.24) is 5.32 Å². The van der Waals surface area contributed by atoms with Gasteiger partial charge in [0.1, 0.15) is 18.4 Å². The van der Waals surface area contributed by atoms with Crippen LogP contribution in [-0.4, -0.2) is 17.9 Å². The highest BCUT2D eigenvalue weighted by Crippen LogP contribution is 2.18. The summed E-state index contributed by atoms with van der Waals surface area (Å²) in [4.78, 5) is 24.9. The van der Waals surface area contributed by atoms with E-state index < -0.39 is 11.9 Å². The third-order valence-electron chi connectivity index (χ3n) is 4.35. The summed E-state index contributed by atoms with van der Waals surface area (Å²) < 4.78 is 10.8. The molecule has 1 aromatic heterocycles. The molecule has 2 N–H and O–H groups in total. The first-order chi connectivity index (χ1) is 14.0. The van der Waals surface area contributed by atoms with Crippen molar-refractivity contribution >= 4 is 17.5 Å². The van der Waals surface area contributed by atoms with Gasteiger partial charge in [-0.3, -0.25) is 9.59 Å². The van der Waals surface area contributed by atoms with Crippen LogP contribution < -0.4 is 15.4 Å². The third-order valence-corrected chi connectivity index (χ3v) is 4.35. The average molecular weight is 392 g/mol. The molecule has 0 saturated carbocycles. The normalized spacial score (nSPS) is 11.7. The Hall–Kier alpha value is -3.54. The lowest BCUT2D eigenvalue weighted by Gasteiger charge is -2.21. The van der Waals surface area contributed by atoms with Crippen molar-refractivity contribution in [3.05, 3.63) is 84.3 Å². The van der Waals surface area contributed by atoms with E-state index in [1.54, 1.807) is 36.4 Å². The number of anilines is 1. The number of furan rings is 1. The van der Waals surface area contributed by atoms with Crippen LogP contribution in [0.15, 0.2) is 77.4 Å². The lowest BCUT2D eigenvalue weighted by Crippen LogP contribution is -2.47. The number of hydrogen-bond acceptors (Lipinski definition) is 4. The molecule has 2 aromatic carbocycles. The lowest BCUT2D eigenvalue weighted by molar-refractivity contribution is -0.118. The van der Waals surface area contributed by atoms with Crippen molar-refractivity contribution in [3.8, 4) is 5.75 Å². The molecule has 3 aromatic rings. The van der Waals surface area contributed by atoms with Gasteiger partial charge in [-0.2, -0.15) is 0 Å². The van der Waals surface area contributed by atoms with E-state index in [0.717, 1.165) is 5.56 Å². The van der Waals surface area contributed by atoms with Crippen molar-refractivity contribution in [2.45, 2.75) is 26.5 Å². The van der Waals surface area contributed by atoms with Gasteiger partial charge in [-0.1, -0.05) is 44.2 Å². The Bertz CT molecular complexity index is 919. The van der Waals surface area contributed by atoms with E-state index >= 15 is 0 Å². The van der Waals surface area contributed by atoms with Crippen molar-refractivity contribution in [3.63, 3.8) is 0 Å². The maximum Gasteiger partial charge on any atom is 0.287 e. The van der Waals surface area contributed by atoms with E-state index in [1.807, 2.05) is 44.2 Å². The fourth-order valence-electron chi connectivity index (χ4n) is 2.75. The largest absolute Gasteiger partial charge is 0.489 e. The number of rotatable bonds is 8. The molecule has 1 atom stereocenters. The molecule has 1 heterocycles. The Morgan fingerprint density at radius 1 is 0.966 bits per heavy atom. The topological polar surface area (TPSA) is 80.6 Å². The van der Waals surface area contributed by atoms with Crippen LogP contribution in [0.3, 0.4) is 0 Å². The molecule has 0 saturated heterocycles. The summed E-state index contributed by atoms with van der Waals surface area (Å²) in [5, 5.41) is 5.55. The second-order valence-electron chi connectivity index (χ2n) is 6.96. The molecular formula is C23H24N2O4. The van der Waals surface area contributed by atoms with Crippen LogP contribution >= 0.6 is 0 Å². The van der Waals surface area contributed by atoms with Gasteiger partial charge in [0.05, 0.1) is 6.26 Å². The van der Waals surface area contributed by atoms with Gasteiger partial charge in [0.25, 0.3) is 5.91 Å². The Morgan fingerprint density at radius 3 is 2.31 bits per heavy atom. The summed E-state index contributed by atoms with van der Waals surface area (Å²) in [6.45, 7) is 4.21. The highest BCUT2D eigenvalue weighted by molar-refractivity contribution is 6.00. The van der Waals surface area contributed by atoms with E-state index in [4.69, 9.17) is 9.15 Å². The quantitative estimate of drug-likeness (QED) is 0.600. The van der Waals surface area contributed by atoms with Crippen molar-refractivity contribution in [1.29, 1.82) is 0 Å². The Labute approximate surface area is 169 Å². The van der Waals surface area contributed by atoms with Gasteiger partial charge in [-0.05, 0) is 47.9 Å². The molecule has 0 bridgehead atoms. The van der Waals surface area contributed by atoms with Gasteiger partial charge < -0.3 is 19.8 Å². The molecule has 0 unspecified atom stereocenters. The highest BCUT2D eigenvalue weighted by atomic mass is 16.5. The molecule has 2 amide bonds. The zero-order valence-electron chi connectivity index (χ0n) is 16.4. The van der Waals surface area contributed by atoms with Gasteiger partial charge in [-0.15, -0.1) is 0 Å². The Balaban J connectivity index is 1.57. The van der Waals surface area contributed by atoms with E-state index in [9.17, 15) is 9.59 Å². The number of carbonyl (C=O) groups is 2. The summed E-state index contributed by atoms with van der Waals surface area (Å²) in [5.74, 6) is 0.0653. The second kappa shape index (κ2) is 9.59. The highest BCUT2D eigenvalue weighted by Gasteiger charge is 2.25. The fraction of sp³-hybridized carbons (Fsp3) is 0.217. The van der Waals surface area contributed by atoms with Crippen LogP contribution in [0, 0.1) is 5.92 Å². The van der Waals surface area contributed by atoms with Crippen LogP contribution in [0.5, 0.6) is 5.75 Å². The molecule has 0 aliphatic rings. The van der Waals surface area contributed by atoms with E-state index in [2.05, 4.69) is 10.6 Å². The van der Waals surface area contributed by atoms with Crippen LogP contribution in [-0.2, 0) is 11.4 Å². The zero-order chi connectivity index (χ0) is 20.6. The van der Waals surface area contributed by atoms with Gasteiger partial charge in [0.15, 0.2) is 5.76 Å². The molecule has 6 heteroatoms. The molecule has 0 aliphatic heterocycles. The van der Waals surface area contributed by atoms with Crippen molar-refractivity contribution in [2.75, 3.05) is 5.32 Å². The molecule has 0 fully saturated rings. The summed E-state index contributed by atoms with van der Waals surface area (Å²) in [5.41, 5.74) is 1.71. The Morgan fingerprint density at radius 2 is 1.69 bits per heavy atom. The SMILES string of the molecule is CC(C)[C@H](NC(=O)c1ccco1)C(=O)Nc1ccc(OCc2ccccc2)cc1. The molecule has 0 radical (unpaired) electrons. The van der Waals surface area contributed by atoms with Crippen LogP contribution in [0.25, 0.3) is 0 Å². The van der Waals surface area contributed by atoms with Crippen LogP contribution in [0.4, 0.5) is 5.69 Å². The summed E-state index contributed by atoms with van der Waals surface area (Å²) in [6, 6.07) is 19.5. The summed E-state index contributed by atoms with van der Waals surface area (Å²) in [7, 11) is 0. The Kier molecular flexibility index (Phi) is 6.68. The van der Waals surface area contributed by atoms with Gasteiger partial charge >= 0.3 is 0 Å². The van der Waals surface area contributed by atoms with Gasteiger partial charge in [-0.25, -0.2) is 0 Å². The lowest BCUT2D eigenvalue weighted by atomic mass is 10.0. The first-order valence-corrected chi connectivity index (χ1v) is 9.45. The van der Waals surface area contributed by atoms with E-state index in [0.29, 0.717) is 18.0 Å². The molecule has 29 heavy (non-hydrogen) atoms. The summed E-state index contributed by atoms with van der Waals surface area (Å²) >= 11 is 0. The smallest absolute Gasteiger partial charge is 0.287 e. The van der Waals surface area contributed by atoms with Crippen LogP contribution in [0.1, 0.15) is 30.0 Å². The molecule has 150 valence electrons. The number of amides is 2. The number of benzene rings is 2. The maximum absolute atomic E-state index is 12.7. The minimum Gasteiger partial charge on any atom is -0.489 e. The third kappa shape index (κ3) is 5.72. The van der Waals surface area contributed by atoms with E-state index in [1.165, 1.54) is 6.26 Å². The molecule has 6 nitrogen and oxygen atoms in total. The average Bonchev–Trinajstić information content (AvgIpc) is 3.27. The number of ether oxygens (including phenoxy) is 1. The maximum atomic E-state index is 12.7. The van der Waals surface area contributed by atoms with E-state index in [-0.39, 0.29) is 17.6 Å².